The van der Waals surface area contributed by atoms with E-state index in [0.29, 0.717) is 6.61 Å². The largest absolute Gasteiger partial charge is 0.494 e. The van der Waals surface area contributed by atoms with Gasteiger partial charge in [0.05, 0.1) is 12.6 Å². The molecule has 1 heterocycles. The predicted octanol–water partition coefficient (Wildman–Crippen LogP) is 4.15. The molecule has 0 spiro atoms. The molecule has 0 radical (unpaired) electrons. The van der Waals surface area contributed by atoms with Crippen LogP contribution >= 0.6 is 11.3 Å². The maximum Gasteiger partial charge on any atom is 0.119 e. The number of hydrogen-bond acceptors (Lipinski definition) is 3. The topological polar surface area (TPSA) is 21.3 Å². The summed E-state index contributed by atoms with van der Waals surface area (Å²) in [7, 11) is 0. The number of nitrogens with one attached hydrogen (secondary N) is 1. The lowest BCUT2D eigenvalue weighted by molar-refractivity contribution is 0.340. The van der Waals surface area contributed by atoms with E-state index in [-0.39, 0.29) is 6.04 Å². The summed E-state index contributed by atoms with van der Waals surface area (Å²) in [5.74, 6) is 0.934. The fourth-order valence-electron chi connectivity index (χ4n) is 2.23. The van der Waals surface area contributed by atoms with Crippen LogP contribution in [0.25, 0.3) is 0 Å². The number of benzene rings is 1. The van der Waals surface area contributed by atoms with Gasteiger partial charge in [-0.25, -0.2) is 0 Å². The Labute approximate surface area is 119 Å². The molecule has 0 amide bonds. The summed E-state index contributed by atoms with van der Waals surface area (Å²) >= 11 is 1.80. The molecule has 1 atom stereocenters. The molecule has 0 aliphatic heterocycles. The summed E-state index contributed by atoms with van der Waals surface area (Å²) in [6.45, 7) is 7.99. The van der Waals surface area contributed by atoms with E-state index in [4.69, 9.17) is 4.74 Å². The fourth-order valence-corrected chi connectivity index (χ4v) is 2.97. The number of aryl methyl sites for hydroxylation is 1. The maximum atomic E-state index is 5.50. The molecule has 1 aromatic heterocycles. The molecular weight excluding hydrogens is 254 g/mol. The average Bonchev–Trinajstić information content (AvgIpc) is 2.84. The van der Waals surface area contributed by atoms with Crippen molar-refractivity contribution >= 4 is 11.3 Å². The Balaban J connectivity index is 2.26. The molecule has 2 aromatic rings. The predicted molar refractivity (Wildman–Crippen MR) is 82.2 cm³/mol. The van der Waals surface area contributed by atoms with Gasteiger partial charge in [-0.1, -0.05) is 19.1 Å². The normalized spacial score (nSPS) is 12.4. The van der Waals surface area contributed by atoms with Gasteiger partial charge < -0.3 is 10.1 Å². The highest BCUT2D eigenvalue weighted by Crippen LogP contribution is 2.29. The molecule has 102 valence electrons. The molecule has 1 aromatic carbocycles. The van der Waals surface area contributed by atoms with Gasteiger partial charge in [-0.05, 0) is 55.1 Å². The Morgan fingerprint density at radius 2 is 1.89 bits per heavy atom. The smallest absolute Gasteiger partial charge is 0.119 e. The Morgan fingerprint density at radius 3 is 2.42 bits per heavy atom. The van der Waals surface area contributed by atoms with Gasteiger partial charge in [0.1, 0.15) is 5.75 Å². The van der Waals surface area contributed by atoms with Crippen LogP contribution in [0.15, 0.2) is 35.7 Å². The summed E-state index contributed by atoms with van der Waals surface area (Å²) in [6, 6.07) is 10.9. The van der Waals surface area contributed by atoms with Gasteiger partial charge in [-0.3, -0.25) is 0 Å². The molecule has 0 saturated carbocycles. The first kappa shape index (κ1) is 14.1. The fraction of sp³-hybridized carbons (Fsp3) is 0.375. The third-order valence-electron chi connectivity index (χ3n) is 3.14. The van der Waals surface area contributed by atoms with Crippen molar-refractivity contribution in [3.05, 3.63) is 51.7 Å². The molecule has 19 heavy (non-hydrogen) atoms. The quantitative estimate of drug-likeness (QED) is 0.855. The van der Waals surface area contributed by atoms with Gasteiger partial charge >= 0.3 is 0 Å². The SMILES string of the molecule is CCNC(c1ccc(OCC)cc1)c1ccsc1C. The molecule has 0 aliphatic carbocycles. The summed E-state index contributed by atoms with van der Waals surface area (Å²) in [5.41, 5.74) is 2.66. The van der Waals surface area contributed by atoms with E-state index < -0.39 is 0 Å². The number of ether oxygens (including phenoxy) is 1. The molecular formula is C16H21NOS. The van der Waals surface area contributed by atoms with Crippen LogP contribution in [0.1, 0.15) is 35.9 Å². The van der Waals surface area contributed by atoms with Crippen LogP contribution in [0.4, 0.5) is 0 Å². The monoisotopic (exact) mass is 275 g/mol. The van der Waals surface area contributed by atoms with Gasteiger partial charge in [0.15, 0.2) is 0 Å². The highest BCUT2D eigenvalue weighted by Gasteiger charge is 2.15. The molecule has 1 N–H and O–H groups in total. The van der Waals surface area contributed by atoms with Gasteiger partial charge in [0, 0.05) is 4.88 Å². The zero-order chi connectivity index (χ0) is 13.7. The molecule has 3 heteroatoms. The van der Waals surface area contributed by atoms with Gasteiger partial charge in [-0.15, -0.1) is 11.3 Å². The minimum Gasteiger partial charge on any atom is -0.494 e. The maximum absolute atomic E-state index is 5.50. The van der Waals surface area contributed by atoms with Crippen LogP contribution in [0, 0.1) is 6.92 Å². The van der Waals surface area contributed by atoms with Crippen LogP contribution < -0.4 is 10.1 Å². The summed E-state index contributed by atoms with van der Waals surface area (Å²) in [6.07, 6.45) is 0. The molecule has 0 saturated heterocycles. The van der Waals surface area contributed by atoms with Crippen LogP contribution in [0.3, 0.4) is 0 Å². The van der Waals surface area contributed by atoms with Crippen LogP contribution in [-0.4, -0.2) is 13.2 Å². The standard InChI is InChI=1S/C16H21NOS/c1-4-17-16(15-10-11-19-12(15)3)13-6-8-14(9-7-13)18-5-2/h6-11,16-17H,4-5H2,1-3H3. The van der Waals surface area contributed by atoms with Gasteiger partial charge in [0.2, 0.25) is 0 Å². The lowest BCUT2D eigenvalue weighted by Crippen LogP contribution is -2.22. The lowest BCUT2D eigenvalue weighted by atomic mass is 9.99. The van der Waals surface area contributed by atoms with E-state index in [1.807, 2.05) is 19.1 Å². The van der Waals surface area contributed by atoms with Gasteiger partial charge in [-0.2, -0.15) is 0 Å². The molecule has 2 nitrogen and oxygen atoms in total. The Hall–Kier alpha value is -1.32. The van der Waals surface area contributed by atoms with E-state index in [2.05, 4.69) is 42.7 Å². The van der Waals surface area contributed by atoms with Crippen LogP contribution in [0.5, 0.6) is 5.75 Å². The Morgan fingerprint density at radius 1 is 1.16 bits per heavy atom. The van der Waals surface area contributed by atoms with Crippen molar-refractivity contribution in [3.63, 3.8) is 0 Å². The van der Waals surface area contributed by atoms with Gasteiger partial charge in [0.25, 0.3) is 0 Å². The number of hydrogen-bond donors (Lipinski definition) is 1. The summed E-state index contributed by atoms with van der Waals surface area (Å²) in [5, 5.41) is 5.72. The third-order valence-corrected chi connectivity index (χ3v) is 4.00. The second kappa shape index (κ2) is 6.73. The van der Waals surface area contributed by atoms with E-state index in [1.165, 1.54) is 16.0 Å². The Kier molecular flexibility index (Phi) is 5.00. The third kappa shape index (κ3) is 3.37. The minimum absolute atomic E-state index is 0.270. The first-order valence-corrected chi connectivity index (χ1v) is 7.64. The van der Waals surface area contributed by atoms with Crippen molar-refractivity contribution in [1.82, 2.24) is 5.32 Å². The van der Waals surface area contributed by atoms with Crippen LogP contribution in [0.2, 0.25) is 0 Å². The zero-order valence-corrected chi connectivity index (χ0v) is 12.6. The highest BCUT2D eigenvalue weighted by atomic mass is 32.1. The molecule has 0 aliphatic rings. The second-order valence-electron chi connectivity index (χ2n) is 4.42. The zero-order valence-electron chi connectivity index (χ0n) is 11.8. The second-order valence-corrected chi connectivity index (χ2v) is 5.55. The van der Waals surface area contributed by atoms with E-state index in [9.17, 15) is 0 Å². The van der Waals surface area contributed by atoms with Crippen LogP contribution in [-0.2, 0) is 0 Å². The number of thiophene rings is 1. The molecule has 0 bridgehead atoms. The summed E-state index contributed by atoms with van der Waals surface area (Å²) in [4.78, 5) is 1.37. The summed E-state index contributed by atoms with van der Waals surface area (Å²) < 4.78 is 5.50. The molecule has 0 fully saturated rings. The van der Waals surface area contributed by atoms with E-state index in [0.717, 1.165) is 12.3 Å². The minimum atomic E-state index is 0.270. The molecule has 1 unspecified atom stereocenters. The van der Waals surface area contributed by atoms with Crippen molar-refractivity contribution in [1.29, 1.82) is 0 Å². The van der Waals surface area contributed by atoms with Crippen molar-refractivity contribution in [2.45, 2.75) is 26.8 Å². The lowest BCUT2D eigenvalue weighted by Gasteiger charge is -2.19. The average molecular weight is 275 g/mol. The van der Waals surface area contributed by atoms with Crippen molar-refractivity contribution in [2.75, 3.05) is 13.2 Å². The van der Waals surface area contributed by atoms with Crippen molar-refractivity contribution in [3.8, 4) is 5.75 Å². The van der Waals surface area contributed by atoms with E-state index >= 15 is 0 Å². The highest BCUT2D eigenvalue weighted by molar-refractivity contribution is 7.10. The number of rotatable bonds is 6. The first-order chi connectivity index (χ1) is 9.26. The first-order valence-electron chi connectivity index (χ1n) is 6.76. The van der Waals surface area contributed by atoms with Crippen molar-refractivity contribution in [2.24, 2.45) is 0 Å². The van der Waals surface area contributed by atoms with E-state index in [1.54, 1.807) is 11.3 Å². The Bertz CT molecular complexity index is 504. The van der Waals surface area contributed by atoms with Crippen molar-refractivity contribution < 1.29 is 4.74 Å². The molecule has 2 rings (SSSR count).